The first-order valence-electron chi connectivity index (χ1n) is 7.22. The first-order chi connectivity index (χ1) is 10.3. The van der Waals surface area contributed by atoms with Crippen molar-refractivity contribution in [3.05, 3.63) is 65.9 Å². The number of benzene rings is 2. The second-order valence-electron chi connectivity index (χ2n) is 5.10. The topological polar surface area (TPSA) is 48.4 Å². The molecule has 0 saturated heterocycles. The van der Waals surface area contributed by atoms with Crippen molar-refractivity contribution in [1.82, 2.24) is 0 Å². The van der Waals surface area contributed by atoms with E-state index >= 15 is 0 Å². The summed E-state index contributed by atoms with van der Waals surface area (Å²) in [5, 5.41) is 1.07. The lowest BCUT2D eigenvalue weighted by Crippen LogP contribution is -2.18. The summed E-state index contributed by atoms with van der Waals surface area (Å²) < 4.78 is 11.5. The van der Waals surface area contributed by atoms with Crippen LogP contribution >= 0.6 is 0 Å². The molecule has 1 heterocycles. The molecule has 0 aliphatic heterocycles. The van der Waals surface area contributed by atoms with Gasteiger partial charge < -0.3 is 14.9 Å². The van der Waals surface area contributed by atoms with Crippen molar-refractivity contribution in [3.8, 4) is 5.75 Å². The molecule has 3 aromatic rings. The molecule has 1 atom stereocenters. The smallest absolute Gasteiger partial charge is 0.134 e. The number of para-hydroxylation sites is 1. The maximum atomic E-state index is 6.14. The molecule has 0 bridgehead atoms. The van der Waals surface area contributed by atoms with E-state index in [0.717, 1.165) is 28.9 Å². The van der Waals surface area contributed by atoms with Crippen molar-refractivity contribution in [1.29, 1.82) is 0 Å². The third-order valence-electron chi connectivity index (χ3n) is 3.57. The van der Waals surface area contributed by atoms with Crippen molar-refractivity contribution < 1.29 is 9.15 Å². The number of hydrogen-bond acceptors (Lipinski definition) is 3. The van der Waals surface area contributed by atoms with E-state index in [2.05, 4.69) is 19.1 Å². The van der Waals surface area contributed by atoms with Crippen LogP contribution in [0.1, 0.15) is 24.3 Å². The Labute approximate surface area is 124 Å². The standard InChI is InChI=1S/C18H19NO2/c1-2-13-7-9-15(10-8-13)20-12-16(19)18-11-14-5-3-4-6-17(14)21-18/h3-11,16H,2,12,19H2,1H3. The molecule has 0 aliphatic carbocycles. The van der Waals surface area contributed by atoms with Crippen LogP contribution in [-0.2, 0) is 6.42 Å². The van der Waals surface area contributed by atoms with E-state index in [1.54, 1.807) is 0 Å². The van der Waals surface area contributed by atoms with E-state index < -0.39 is 0 Å². The maximum absolute atomic E-state index is 6.14. The molecule has 1 unspecified atom stereocenters. The molecule has 21 heavy (non-hydrogen) atoms. The molecular formula is C18H19NO2. The average molecular weight is 281 g/mol. The number of nitrogens with two attached hydrogens (primary N) is 1. The zero-order chi connectivity index (χ0) is 14.7. The summed E-state index contributed by atoms with van der Waals surface area (Å²) in [5.74, 6) is 1.58. The predicted octanol–water partition coefficient (Wildman–Crippen LogP) is 4.07. The Kier molecular flexibility index (Phi) is 3.93. The largest absolute Gasteiger partial charge is 0.491 e. The summed E-state index contributed by atoms with van der Waals surface area (Å²) in [7, 11) is 0. The summed E-state index contributed by atoms with van der Waals surface area (Å²) in [6.45, 7) is 2.53. The van der Waals surface area contributed by atoms with Crippen LogP contribution in [0, 0.1) is 0 Å². The molecule has 2 aromatic carbocycles. The highest BCUT2D eigenvalue weighted by Crippen LogP contribution is 2.23. The third-order valence-corrected chi connectivity index (χ3v) is 3.57. The van der Waals surface area contributed by atoms with Crippen LogP contribution in [0.15, 0.2) is 59.0 Å². The number of hydrogen-bond donors (Lipinski definition) is 1. The molecule has 3 heteroatoms. The summed E-state index contributed by atoms with van der Waals surface area (Å²) in [4.78, 5) is 0. The van der Waals surface area contributed by atoms with Crippen LogP contribution in [-0.4, -0.2) is 6.61 Å². The second-order valence-corrected chi connectivity index (χ2v) is 5.10. The van der Waals surface area contributed by atoms with Crippen LogP contribution in [0.5, 0.6) is 5.75 Å². The molecule has 0 aliphatic rings. The monoisotopic (exact) mass is 281 g/mol. The van der Waals surface area contributed by atoms with Gasteiger partial charge in [0.25, 0.3) is 0 Å². The Morgan fingerprint density at radius 1 is 1.10 bits per heavy atom. The van der Waals surface area contributed by atoms with E-state index in [-0.39, 0.29) is 6.04 Å². The number of fused-ring (bicyclic) bond motifs is 1. The average Bonchev–Trinajstić information content (AvgIpc) is 2.97. The van der Waals surface area contributed by atoms with Crippen LogP contribution < -0.4 is 10.5 Å². The fraction of sp³-hybridized carbons (Fsp3) is 0.222. The lowest BCUT2D eigenvalue weighted by Gasteiger charge is -2.11. The molecule has 3 rings (SSSR count). The second kappa shape index (κ2) is 6.02. The van der Waals surface area contributed by atoms with Crippen LogP contribution in [0.4, 0.5) is 0 Å². The van der Waals surface area contributed by atoms with Gasteiger partial charge in [-0.15, -0.1) is 0 Å². The first kappa shape index (κ1) is 13.7. The number of aryl methyl sites for hydroxylation is 1. The van der Waals surface area contributed by atoms with E-state index in [1.807, 2.05) is 42.5 Å². The number of ether oxygens (including phenoxy) is 1. The summed E-state index contributed by atoms with van der Waals surface area (Å²) >= 11 is 0. The third kappa shape index (κ3) is 3.09. The Bertz CT molecular complexity index is 682. The van der Waals surface area contributed by atoms with E-state index in [9.17, 15) is 0 Å². The fourth-order valence-corrected chi connectivity index (χ4v) is 2.27. The minimum absolute atomic E-state index is 0.275. The Balaban J connectivity index is 1.66. The molecule has 0 saturated carbocycles. The lowest BCUT2D eigenvalue weighted by atomic mass is 10.2. The molecular weight excluding hydrogens is 262 g/mol. The van der Waals surface area contributed by atoms with Gasteiger partial charge in [0.15, 0.2) is 0 Å². The highest BCUT2D eigenvalue weighted by molar-refractivity contribution is 5.77. The van der Waals surface area contributed by atoms with Gasteiger partial charge in [0.1, 0.15) is 23.7 Å². The molecule has 0 fully saturated rings. The van der Waals surface area contributed by atoms with Gasteiger partial charge in [0, 0.05) is 5.39 Å². The summed E-state index contributed by atoms with van der Waals surface area (Å²) in [5.41, 5.74) is 8.30. The van der Waals surface area contributed by atoms with Crippen molar-refractivity contribution in [2.45, 2.75) is 19.4 Å². The normalized spacial score (nSPS) is 12.5. The first-order valence-corrected chi connectivity index (χ1v) is 7.22. The number of rotatable bonds is 5. The molecule has 0 spiro atoms. The van der Waals surface area contributed by atoms with E-state index in [1.165, 1.54) is 5.56 Å². The Morgan fingerprint density at radius 2 is 1.86 bits per heavy atom. The highest BCUT2D eigenvalue weighted by atomic mass is 16.5. The van der Waals surface area contributed by atoms with Crippen molar-refractivity contribution >= 4 is 11.0 Å². The molecule has 0 amide bonds. The highest BCUT2D eigenvalue weighted by Gasteiger charge is 2.12. The van der Waals surface area contributed by atoms with Gasteiger partial charge in [-0.25, -0.2) is 0 Å². The predicted molar refractivity (Wildman–Crippen MR) is 84.5 cm³/mol. The van der Waals surface area contributed by atoms with E-state index in [4.69, 9.17) is 14.9 Å². The fourth-order valence-electron chi connectivity index (χ4n) is 2.27. The number of furan rings is 1. The molecule has 0 radical (unpaired) electrons. The molecule has 108 valence electrons. The van der Waals surface area contributed by atoms with Crippen LogP contribution in [0.3, 0.4) is 0 Å². The van der Waals surface area contributed by atoms with Crippen LogP contribution in [0.25, 0.3) is 11.0 Å². The summed E-state index contributed by atoms with van der Waals surface area (Å²) in [6.07, 6.45) is 1.03. The van der Waals surface area contributed by atoms with Gasteiger partial charge in [-0.2, -0.15) is 0 Å². The zero-order valence-corrected chi connectivity index (χ0v) is 12.1. The van der Waals surface area contributed by atoms with Crippen molar-refractivity contribution in [2.24, 2.45) is 5.73 Å². The molecule has 3 nitrogen and oxygen atoms in total. The Hall–Kier alpha value is -2.26. The van der Waals surface area contributed by atoms with Gasteiger partial charge in [-0.1, -0.05) is 37.3 Å². The van der Waals surface area contributed by atoms with Crippen LogP contribution in [0.2, 0.25) is 0 Å². The van der Waals surface area contributed by atoms with Gasteiger partial charge in [0.2, 0.25) is 0 Å². The minimum atomic E-state index is -0.275. The molecule has 1 aromatic heterocycles. The maximum Gasteiger partial charge on any atom is 0.134 e. The van der Waals surface area contributed by atoms with Crippen molar-refractivity contribution in [3.63, 3.8) is 0 Å². The summed E-state index contributed by atoms with van der Waals surface area (Å²) in [6, 6.07) is 17.7. The van der Waals surface area contributed by atoms with Crippen molar-refractivity contribution in [2.75, 3.05) is 6.61 Å². The van der Waals surface area contributed by atoms with Gasteiger partial charge in [-0.3, -0.25) is 0 Å². The van der Waals surface area contributed by atoms with E-state index in [0.29, 0.717) is 6.61 Å². The molecule has 2 N–H and O–H groups in total. The van der Waals surface area contributed by atoms with Gasteiger partial charge in [0.05, 0.1) is 6.04 Å². The minimum Gasteiger partial charge on any atom is -0.491 e. The SMILES string of the molecule is CCc1ccc(OCC(N)c2cc3ccccc3o2)cc1. The van der Waals surface area contributed by atoms with Gasteiger partial charge >= 0.3 is 0 Å². The lowest BCUT2D eigenvalue weighted by molar-refractivity contribution is 0.275. The van der Waals surface area contributed by atoms with Gasteiger partial charge in [-0.05, 0) is 36.2 Å². The quantitative estimate of drug-likeness (QED) is 0.766. The Morgan fingerprint density at radius 3 is 2.57 bits per heavy atom. The zero-order valence-electron chi connectivity index (χ0n) is 12.1.